The molecule has 1 aromatic heterocycles. The van der Waals surface area contributed by atoms with Gasteiger partial charge in [-0.3, -0.25) is 9.59 Å². The molecule has 1 fully saturated rings. The summed E-state index contributed by atoms with van der Waals surface area (Å²) in [6.45, 7) is 8.01. The summed E-state index contributed by atoms with van der Waals surface area (Å²) in [5.74, 6) is 0.0368. The minimum Gasteiger partial charge on any atom is -0.339 e. The maximum absolute atomic E-state index is 13.1. The number of aromatic nitrogens is 3. The van der Waals surface area contributed by atoms with E-state index >= 15 is 0 Å². The van der Waals surface area contributed by atoms with Crippen LogP contribution in [0, 0.1) is 20.8 Å². The molecule has 0 atom stereocenters. The average molecular weight is 446 g/mol. The molecule has 0 saturated carbocycles. The van der Waals surface area contributed by atoms with E-state index in [4.69, 9.17) is 0 Å². The Morgan fingerprint density at radius 2 is 1.58 bits per heavy atom. The van der Waals surface area contributed by atoms with Gasteiger partial charge in [0.1, 0.15) is 0 Å². The van der Waals surface area contributed by atoms with Crippen molar-refractivity contribution in [3.63, 3.8) is 0 Å². The summed E-state index contributed by atoms with van der Waals surface area (Å²) in [6.07, 6.45) is 2.27. The van der Waals surface area contributed by atoms with Crippen LogP contribution in [-0.2, 0) is 11.2 Å². The molecule has 4 rings (SSSR count). The summed E-state index contributed by atoms with van der Waals surface area (Å²) in [6, 6.07) is 16.3. The molecule has 2 aromatic carbocycles. The Hall–Kier alpha value is -3.48. The zero-order valence-electron chi connectivity index (χ0n) is 19.6. The number of carbonyl (C=O) groups excluding carboxylic acids is 2. The summed E-state index contributed by atoms with van der Waals surface area (Å²) in [4.78, 5) is 30.9. The van der Waals surface area contributed by atoms with E-state index in [0.29, 0.717) is 44.0 Å². The Balaban J connectivity index is 1.32. The monoisotopic (exact) mass is 445 g/mol. The average Bonchev–Trinajstić information content (AvgIpc) is 3.20. The first-order valence-corrected chi connectivity index (χ1v) is 11.5. The third kappa shape index (κ3) is 5.30. The quantitative estimate of drug-likeness (QED) is 0.582. The van der Waals surface area contributed by atoms with E-state index in [2.05, 4.69) is 28.4 Å². The first-order chi connectivity index (χ1) is 15.9. The zero-order chi connectivity index (χ0) is 23.4. The van der Waals surface area contributed by atoms with Gasteiger partial charge in [0.25, 0.3) is 5.91 Å². The fourth-order valence-corrected chi connectivity index (χ4v) is 4.27. The van der Waals surface area contributed by atoms with Crippen LogP contribution in [0.25, 0.3) is 5.69 Å². The van der Waals surface area contributed by atoms with Gasteiger partial charge in [-0.1, -0.05) is 48.0 Å². The van der Waals surface area contributed by atoms with Crippen LogP contribution in [0.3, 0.4) is 0 Å². The van der Waals surface area contributed by atoms with E-state index in [1.165, 1.54) is 11.1 Å². The zero-order valence-corrected chi connectivity index (χ0v) is 19.6. The van der Waals surface area contributed by atoms with Gasteiger partial charge in [0.2, 0.25) is 5.91 Å². The molecule has 3 aromatic rings. The van der Waals surface area contributed by atoms with E-state index in [1.807, 2.05) is 56.0 Å². The van der Waals surface area contributed by atoms with E-state index < -0.39 is 0 Å². The molecule has 0 bridgehead atoms. The van der Waals surface area contributed by atoms with Crippen LogP contribution in [0.1, 0.15) is 45.7 Å². The van der Waals surface area contributed by atoms with Crippen molar-refractivity contribution >= 4 is 11.8 Å². The minimum atomic E-state index is -0.125. The van der Waals surface area contributed by atoms with Crippen LogP contribution in [0.2, 0.25) is 0 Å². The van der Waals surface area contributed by atoms with Gasteiger partial charge in [-0.15, -0.1) is 5.10 Å². The number of nitrogens with zero attached hydrogens (tertiary/aromatic N) is 5. The van der Waals surface area contributed by atoms with Crippen LogP contribution in [0.4, 0.5) is 0 Å². The Morgan fingerprint density at radius 1 is 0.879 bits per heavy atom. The van der Waals surface area contributed by atoms with Crippen LogP contribution in [0.15, 0.2) is 48.5 Å². The maximum Gasteiger partial charge on any atom is 0.276 e. The van der Waals surface area contributed by atoms with Crippen molar-refractivity contribution < 1.29 is 9.59 Å². The predicted octanol–water partition coefficient (Wildman–Crippen LogP) is 3.50. The number of aryl methyl sites for hydroxylation is 4. The Kier molecular flexibility index (Phi) is 6.87. The normalized spacial score (nSPS) is 13.9. The lowest BCUT2D eigenvalue weighted by molar-refractivity contribution is -0.132. The summed E-state index contributed by atoms with van der Waals surface area (Å²) < 4.78 is 0. The fourth-order valence-electron chi connectivity index (χ4n) is 4.27. The molecule has 1 saturated heterocycles. The molecule has 2 amide bonds. The van der Waals surface area contributed by atoms with Gasteiger partial charge < -0.3 is 9.80 Å². The molecule has 0 radical (unpaired) electrons. The lowest BCUT2D eigenvalue weighted by Gasteiger charge is -2.34. The first-order valence-electron chi connectivity index (χ1n) is 11.5. The number of benzene rings is 2. The van der Waals surface area contributed by atoms with Gasteiger partial charge in [-0.25, -0.2) is 0 Å². The SMILES string of the molecule is Cc1ccc(-n2nc(C)c(C(=O)N3CCN(C(=O)CCCc4ccccc4)CC3)n2)c(C)c1. The van der Waals surface area contributed by atoms with Gasteiger partial charge in [-0.05, 0) is 50.8 Å². The van der Waals surface area contributed by atoms with Gasteiger partial charge in [0.15, 0.2) is 5.69 Å². The molecule has 33 heavy (non-hydrogen) atoms. The smallest absolute Gasteiger partial charge is 0.276 e. The van der Waals surface area contributed by atoms with Crippen molar-refractivity contribution in [1.29, 1.82) is 0 Å². The van der Waals surface area contributed by atoms with Crippen molar-refractivity contribution in [3.05, 3.63) is 76.6 Å². The van der Waals surface area contributed by atoms with Crippen LogP contribution < -0.4 is 0 Å². The van der Waals surface area contributed by atoms with Crippen LogP contribution >= 0.6 is 0 Å². The summed E-state index contributed by atoms with van der Waals surface area (Å²) in [7, 11) is 0. The maximum atomic E-state index is 13.1. The van der Waals surface area contributed by atoms with E-state index in [-0.39, 0.29) is 11.8 Å². The molecule has 2 heterocycles. The highest BCUT2D eigenvalue weighted by molar-refractivity contribution is 5.93. The first kappa shape index (κ1) is 22.7. The Morgan fingerprint density at radius 3 is 2.27 bits per heavy atom. The van der Waals surface area contributed by atoms with Crippen molar-refractivity contribution in [2.75, 3.05) is 26.2 Å². The lowest BCUT2D eigenvalue weighted by atomic mass is 10.1. The second kappa shape index (κ2) is 9.98. The van der Waals surface area contributed by atoms with Crippen molar-refractivity contribution in [2.24, 2.45) is 0 Å². The second-order valence-electron chi connectivity index (χ2n) is 8.73. The van der Waals surface area contributed by atoms with E-state index in [0.717, 1.165) is 24.1 Å². The fraction of sp³-hybridized carbons (Fsp3) is 0.385. The van der Waals surface area contributed by atoms with Crippen LogP contribution in [-0.4, -0.2) is 62.8 Å². The van der Waals surface area contributed by atoms with Crippen molar-refractivity contribution in [3.8, 4) is 5.69 Å². The molecular formula is C26H31N5O2. The van der Waals surface area contributed by atoms with Crippen molar-refractivity contribution in [2.45, 2.75) is 40.0 Å². The topological polar surface area (TPSA) is 71.3 Å². The second-order valence-corrected chi connectivity index (χ2v) is 8.73. The van der Waals surface area contributed by atoms with E-state index in [9.17, 15) is 9.59 Å². The highest BCUT2D eigenvalue weighted by Gasteiger charge is 2.27. The third-order valence-electron chi connectivity index (χ3n) is 6.17. The molecule has 0 N–H and O–H groups in total. The third-order valence-corrected chi connectivity index (χ3v) is 6.17. The molecular weight excluding hydrogens is 414 g/mol. The molecule has 0 aliphatic carbocycles. The summed E-state index contributed by atoms with van der Waals surface area (Å²) in [5, 5.41) is 8.99. The highest BCUT2D eigenvalue weighted by atomic mass is 16.2. The minimum absolute atomic E-state index is 0.125. The van der Waals surface area contributed by atoms with Gasteiger partial charge >= 0.3 is 0 Å². The Labute approximate surface area is 195 Å². The van der Waals surface area contributed by atoms with Gasteiger partial charge in [0.05, 0.1) is 11.4 Å². The number of carbonyl (C=O) groups is 2. The number of piperazine rings is 1. The molecule has 1 aliphatic heterocycles. The number of amides is 2. The van der Waals surface area contributed by atoms with Gasteiger partial charge in [0, 0.05) is 32.6 Å². The van der Waals surface area contributed by atoms with E-state index in [1.54, 1.807) is 9.70 Å². The highest BCUT2D eigenvalue weighted by Crippen LogP contribution is 2.17. The molecule has 0 spiro atoms. The molecule has 0 unspecified atom stereocenters. The Bertz CT molecular complexity index is 1130. The predicted molar refractivity (Wildman–Crippen MR) is 127 cm³/mol. The number of hydrogen-bond acceptors (Lipinski definition) is 4. The number of hydrogen-bond donors (Lipinski definition) is 0. The molecule has 172 valence electrons. The van der Waals surface area contributed by atoms with Crippen molar-refractivity contribution in [1.82, 2.24) is 24.8 Å². The summed E-state index contributed by atoms with van der Waals surface area (Å²) >= 11 is 0. The standard InChI is InChI=1S/C26H31N5O2/c1-19-12-13-23(20(2)18-19)31-27-21(3)25(28-31)26(33)30-16-14-29(15-17-30)24(32)11-7-10-22-8-5-4-6-9-22/h4-6,8-9,12-13,18H,7,10-11,14-17H2,1-3H3. The molecule has 7 nitrogen and oxygen atoms in total. The number of rotatable bonds is 6. The summed E-state index contributed by atoms with van der Waals surface area (Å²) in [5.41, 5.74) is 5.34. The van der Waals surface area contributed by atoms with Crippen LogP contribution in [0.5, 0.6) is 0 Å². The molecule has 7 heteroatoms. The molecule has 1 aliphatic rings. The largest absolute Gasteiger partial charge is 0.339 e. The van der Waals surface area contributed by atoms with Gasteiger partial charge in [-0.2, -0.15) is 9.90 Å². The lowest BCUT2D eigenvalue weighted by Crippen LogP contribution is -2.50.